The fraction of sp³-hybridized carbons (Fsp3) is 0.200. The van der Waals surface area contributed by atoms with Gasteiger partial charge in [-0.15, -0.1) is 0 Å². The van der Waals surface area contributed by atoms with Gasteiger partial charge in [-0.2, -0.15) is 0 Å². The maximum absolute atomic E-state index is 13.3. The number of hydrogen-bond donors (Lipinski definition) is 1. The van der Waals surface area contributed by atoms with Gasteiger partial charge in [0.1, 0.15) is 12.4 Å². The zero-order valence-corrected chi connectivity index (χ0v) is 10.3. The number of halogens is 2. The van der Waals surface area contributed by atoms with Crippen LogP contribution in [0.25, 0.3) is 0 Å². The molecular formula is C15H14F2O2. The van der Waals surface area contributed by atoms with Crippen LogP contribution in [0.3, 0.4) is 0 Å². The highest BCUT2D eigenvalue weighted by atomic mass is 19.1. The number of aliphatic hydroxyl groups is 1. The van der Waals surface area contributed by atoms with E-state index in [0.717, 1.165) is 29.3 Å². The van der Waals surface area contributed by atoms with Gasteiger partial charge >= 0.3 is 0 Å². The predicted molar refractivity (Wildman–Crippen MR) is 67.9 cm³/mol. The summed E-state index contributed by atoms with van der Waals surface area (Å²) in [4.78, 5) is 0. The monoisotopic (exact) mass is 264 g/mol. The molecule has 2 aromatic rings. The quantitative estimate of drug-likeness (QED) is 0.899. The Kier molecular flexibility index (Phi) is 4.47. The molecule has 0 heterocycles. The minimum Gasteiger partial charge on any atom is -0.486 e. The van der Waals surface area contributed by atoms with Gasteiger partial charge in [0.25, 0.3) is 0 Å². The molecule has 0 fully saturated rings. The van der Waals surface area contributed by atoms with E-state index in [-0.39, 0.29) is 19.0 Å². The molecule has 0 unspecified atom stereocenters. The highest BCUT2D eigenvalue weighted by Gasteiger charge is 2.05. The lowest BCUT2D eigenvalue weighted by Crippen LogP contribution is -1.98. The molecule has 0 spiro atoms. The summed E-state index contributed by atoms with van der Waals surface area (Å²) in [5.41, 5.74) is 1.87. The van der Waals surface area contributed by atoms with Crippen LogP contribution in [0, 0.1) is 11.6 Å². The molecule has 0 aliphatic rings. The van der Waals surface area contributed by atoms with Crippen molar-refractivity contribution >= 4 is 0 Å². The van der Waals surface area contributed by atoms with E-state index in [1.807, 2.05) is 24.3 Å². The van der Waals surface area contributed by atoms with Gasteiger partial charge in [0.05, 0.1) is 0 Å². The first-order valence-electron chi connectivity index (χ1n) is 5.95. The Morgan fingerprint density at radius 2 is 1.63 bits per heavy atom. The third kappa shape index (κ3) is 3.76. The molecule has 0 bridgehead atoms. The van der Waals surface area contributed by atoms with Gasteiger partial charge in [0.2, 0.25) is 0 Å². The zero-order chi connectivity index (χ0) is 13.7. The Bertz CT molecular complexity index is 538. The first-order valence-corrected chi connectivity index (χ1v) is 5.95. The summed E-state index contributed by atoms with van der Waals surface area (Å²) in [5.74, 6) is -1.22. The molecule has 0 radical (unpaired) electrons. The van der Waals surface area contributed by atoms with E-state index in [1.165, 1.54) is 0 Å². The first-order chi connectivity index (χ1) is 9.19. The van der Waals surface area contributed by atoms with Crippen LogP contribution in [-0.4, -0.2) is 11.7 Å². The fourth-order valence-corrected chi connectivity index (χ4v) is 1.68. The number of ether oxygens (including phenoxy) is 1. The first kappa shape index (κ1) is 13.5. The lowest BCUT2D eigenvalue weighted by Gasteiger charge is -2.08. The maximum atomic E-state index is 13.3. The van der Waals surface area contributed by atoms with Crippen LogP contribution in [0.4, 0.5) is 8.78 Å². The van der Waals surface area contributed by atoms with Gasteiger partial charge in [0.15, 0.2) is 11.6 Å². The average Bonchev–Trinajstić information content (AvgIpc) is 2.42. The van der Waals surface area contributed by atoms with Gasteiger partial charge in [0, 0.05) is 12.7 Å². The van der Waals surface area contributed by atoms with E-state index >= 15 is 0 Å². The maximum Gasteiger partial charge on any atom is 0.165 e. The van der Waals surface area contributed by atoms with Crippen LogP contribution in [0.1, 0.15) is 11.1 Å². The van der Waals surface area contributed by atoms with E-state index in [2.05, 4.69) is 0 Å². The van der Waals surface area contributed by atoms with Crippen LogP contribution in [-0.2, 0) is 13.0 Å². The van der Waals surface area contributed by atoms with Crippen LogP contribution in [0.5, 0.6) is 5.75 Å². The van der Waals surface area contributed by atoms with Crippen molar-refractivity contribution in [1.29, 1.82) is 0 Å². The Morgan fingerprint density at radius 3 is 2.32 bits per heavy atom. The molecular weight excluding hydrogens is 250 g/mol. The summed E-state index contributed by atoms with van der Waals surface area (Å²) >= 11 is 0. The van der Waals surface area contributed by atoms with Crippen molar-refractivity contribution in [3.05, 3.63) is 65.2 Å². The van der Waals surface area contributed by atoms with E-state index < -0.39 is 11.6 Å². The van der Waals surface area contributed by atoms with Crippen molar-refractivity contribution in [2.75, 3.05) is 6.61 Å². The molecule has 4 heteroatoms. The van der Waals surface area contributed by atoms with Crippen molar-refractivity contribution in [2.45, 2.75) is 13.0 Å². The molecule has 100 valence electrons. The lowest BCUT2D eigenvalue weighted by atomic mass is 10.1. The molecule has 0 atom stereocenters. The molecule has 2 rings (SSSR count). The molecule has 0 amide bonds. The second-order valence-electron chi connectivity index (χ2n) is 4.15. The highest BCUT2D eigenvalue weighted by Crippen LogP contribution is 2.19. The second kappa shape index (κ2) is 6.29. The summed E-state index contributed by atoms with van der Waals surface area (Å²) in [6, 6.07) is 10.5. The van der Waals surface area contributed by atoms with Gasteiger partial charge < -0.3 is 9.84 Å². The Labute approximate surface area is 110 Å². The minimum absolute atomic E-state index is 0.0977. The summed E-state index contributed by atoms with van der Waals surface area (Å²) in [7, 11) is 0. The van der Waals surface area contributed by atoms with Gasteiger partial charge in [-0.3, -0.25) is 0 Å². The van der Waals surface area contributed by atoms with Crippen molar-refractivity contribution in [3.8, 4) is 5.75 Å². The SMILES string of the molecule is OCCc1ccc(COc2cc(F)ccc2F)cc1. The largest absolute Gasteiger partial charge is 0.486 e. The molecule has 1 N–H and O–H groups in total. The Morgan fingerprint density at radius 1 is 0.947 bits per heavy atom. The third-order valence-electron chi connectivity index (χ3n) is 2.71. The van der Waals surface area contributed by atoms with Gasteiger partial charge in [-0.25, -0.2) is 8.78 Å². The number of hydrogen-bond acceptors (Lipinski definition) is 2. The fourth-order valence-electron chi connectivity index (χ4n) is 1.68. The Hall–Kier alpha value is -1.94. The molecule has 0 saturated heterocycles. The van der Waals surface area contributed by atoms with E-state index in [0.29, 0.717) is 6.42 Å². The zero-order valence-electron chi connectivity index (χ0n) is 10.3. The third-order valence-corrected chi connectivity index (χ3v) is 2.71. The number of aliphatic hydroxyl groups excluding tert-OH is 1. The van der Waals surface area contributed by atoms with E-state index in [4.69, 9.17) is 9.84 Å². The minimum atomic E-state index is -0.585. The molecule has 2 nitrogen and oxygen atoms in total. The van der Waals surface area contributed by atoms with Crippen molar-refractivity contribution in [3.63, 3.8) is 0 Å². The molecule has 0 saturated carbocycles. The molecule has 0 aliphatic carbocycles. The molecule has 0 aromatic heterocycles. The lowest BCUT2D eigenvalue weighted by molar-refractivity contribution is 0.288. The van der Waals surface area contributed by atoms with Crippen LogP contribution < -0.4 is 4.74 Å². The van der Waals surface area contributed by atoms with Crippen molar-refractivity contribution in [2.24, 2.45) is 0 Å². The van der Waals surface area contributed by atoms with Gasteiger partial charge in [-0.1, -0.05) is 24.3 Å². The number of benzene rings is 2. The highest BCUT2D eigenvalue weighted by molar-refractivity contribution is 5.26. The normalized spacial score (nSPS) is 10.5. The summed E-state index contributed by atoms with van der Waals surface area (Å²) in [5, 5.41) is 8.80. The van der Waals surface area contributed by atoms with Crippen LogP contribution in [0.15, 0.2) is 42.5 Å². The predicted octanol–water partition coefficient (Wildman–Crippen LogP) is 3.08. The van der Waals surface area contributed by atoms with Crippen molar-refractivity contribution < 1.29 is 18.6 Å². The summed E-state index contributed by atoms with van der Waals surface area (Å²) < 4.78 is 31.5. The van der Waals surface area contributed by atoms with E-state index in [9.17, 15) is 8.78 Å². The smallest absolute Gasteiger partial charge is 0.165 e. The van der Waals surface area contributed by atoms with Gasteiger partial charge in [-0.05, 0) is 29.7 Å². The standard InChI is InChI=1S/C15H14F2O2/c16-13-5-6-14(17)15(9-13)19-10-12-3-1-11(2-4-12)7-8-18/h1-6,9,18H,7-8,10H2. The summed E-state index contributed by atoms with van der Waals surface area (Å²) in [6.07, 6.45) is 0.597. The Balaban J connectivity index is 2.00. The molecule has 19 heavy (non-hydrogen) atoms. The van der Waals surface area contributed by atoms with Crippen LogP contribution >= 0.6 is 0 Å². The number of rotatable bonds is 5. The molecule has 0 aliphatic heterocycles. The summed E-state index contributed by atoms with van der Waals surface area (Å²) in [6.45, 7) is 0.268. The average molecular weight is 264 g/mol. The topological polar surface area (TPSA) is 29.5 Å². The second-order valence-corrected chi connectivity index (χ2v) is 4.15. The molecule has 2 aromatic carbocycles. The van der Waals surface area contributed by atoms with Crippen molar-refractivity contribution in [1.82, 2.24) is 0 Å². The van der Waals surface area contributed by atoms with E-state index in [1.54, 1.807) is 0 Å². The van der Waals surface area contributed by atoms with Crippen LogP contribution in [0.2, 0.25) is 0 Å².